The van der Waals surface area contributed by atoms with Gasteiger partial charge >= 0.3 is 0 Å². The number of para-hydroxylation sites is 2. The van der Waals surface area contributed by atoms with Crippen molar-refractivity contribution in [3.63, 3.8) is 0 Å². The maximum atomic E-state index is 13.1. The molecular weight excluding hydrogens is 296 g/mol. The van der Waals surface area contributed by atoms with Crippen molar-refractivity contribution in [1.82, 2.24) is 9.55 Å². The Morgan fingerprint density at radius 1 is 1.32 bits per heavy atom. The molecule has 2 aromatic rings. The SMILES string of the molecule is C=CC[C@@H](CC(C)(C)C)S(=O)(=O)c1nc2ccccc2n1C. The zero-order valence-electron chi connectivity index (χ0n) is 13.7. The van der Waals surface area contributed by atoms with Gasteiger partial charge in [0.05, 0.1) is 16.3 Å². The summed E-state index contributed by atoms with van der Waals surface area (Å²) >= 11 is 0. The highest BCUT2D eigenvalue weighted by Gasteiger charge is 2.34. The number of sulfone groups is 1. The van der Waals surface area contributed by atoms with Crippen LogP contribution in [0, 0.1) is 5.41 Å². The first kappa shape index (κ1) is 16.7. The summed E-state index contributed by atoms with van der Waals surface area (Å²) in [4.78, 5) is 4.36. The third-order valence-corrected chi connectivity index (χ3v) is 5.82. The van der Waals surface area contributed by atoms with Crippen molar-refractivity contribution in [2.45, 2.75) is 44.0 Å². The molecule has 0 fully saturated rings. The molecule has 120 valence electrons. The average molecular weight is 320 g/mol. The van der Waals surface area contributed by atoms with Crippen molar-refractivity contribution in [2.24, 2.45) is 12.5 Å². The quantitative estimate of drug-likeness (QED) is 0.789. The molecule has 0 saturated carbocycles. The summed E-state index contributed by atoms with van der Waals surface area (Å²) in [6.45, 7) is 9.86. The van der Waals surface area contributed by atoms with Gasteiger partial charge < -0.3 is 4.57 Å². The largest absolute Gasteiger partial charge is 0.318 e. The molecule has 0 unspecified atom stereocenters. The van der Waals surface area contributed by atoms with Gasteiger partial charge in [0, 0.05) is 7.05 Å². The predicted molar refractivity (Wildman–Crippen MR) is 90.6 cm³/mol. The molecule has 5 heteroatoms. The molecule has 2 rings (SSSR count). The summed E-state index contributed by atoms with van der Waals surface area (Å²) in [5, 5.41) is -0.356. The molecule has 0 spiro atoms. The van der Waals surface area contributed by atoms with Crippen LogP contribution in [0.15, 0.2) is 42.1 Å². The molecule has 1 aromatic heterocycles. The average Bonchev–Trinajstić information content (AvgIpc) is 2.75. The number of benzene rings is 1. The fraction of sp³-hybridized carbons (Fsp3) is 0.471. The fourth-order valence-electron chi connectivity index (χ4n) is 2.72. The Bertz CT molecular complexity index is 783. The van der Waals surface area contributed by atoms with Gasteiger partial charge in [-0.3, -0.25) is 0 Å². The molecule has 1 aromatic carbocycles. The summed E-state index contributed by atoms with van der Waals surface area (Å²) in [7, 11) is -1.75. The first-order valence-electron chi connectivity index (χ1n) is 7.43. The predicted octanol–water partition coefficient (Wildman–Crippen LogP) is 3.73. The Balaban J connectivity index is 2.54. The van der Waals surface area contributed by atoms with E-state index in [4.69, 9.17) is 0 Å². The number of nitrogens with zero attached hydrogens (tertiary/aromatic N) is 2. The number of aryl methyl sites for hydroxylation is 1. The lowest BCUT2D eigenvalue weighted by Gasteiger charge is -2.24. The highest BCUT2D eigenvalue weighted by Crippen LogP contribution is 2.30. The highest BCUT2D eigenvalue weighted by atomic mass is 32.2. The number of rotatable bonds is 5. The van der Waals surface area contributed by atoms with E-state index in [0.717, 1.165) is 5.52 Å². The molecule has 0 N–H and O–H groups in total. The Labute approximate surface area is 132 Å². The van der Waals surface area contributed by atoms with E-state index in [2.05, 4.69) is 11.6 Å². The summed E-state index contributed by atoms with van der Waals surface area (Å²) in [5.74, 6) is 0. The van der Waals surface area contributed by atoms with Gasteiger partial charge in [0.25, 0.3) is 0 Å². The Kier molecular flexibility index (Phi) is 4.47. The molecule has 1 heterocycles. The smallest absolute Gasteiger partial charge is 0.228 e. The monoisotopic (exact) mass is 320 g/mol. The van der Waals surface area contributed by atoms with Gasteiger partial charge in [0.15, 0.2) is 0 Å². The zero-order chi connectivity index (χ0) is 16.5. The van der Waals surface area contributed by atoms with E-state index >= 15 is 0 Å². The first-order chi connectivity index (χ1) is 10.2. The van der Waals surface area contributed by atoms with Gasteiger partial charge in [-0.05, 0) is 30.4 Å². The molecule has 0 aliphatic carbocycles. The van der Waals surface area contributed by atoms with Crippen LogP contribution in [0.25, 0.3) is 11.0 Å². The van der Waals surface area contributed by atoms with Gasteiger partial charge in [0.1, 0.15) is 0 Å². The Morgan fingerprint density at radius 3 is 2.50 bits per heavy atom. The Hall–Kier alpha value is -1.62. The van der Waals surface area contributed by atoms with Gasteiger partial charge in [-0.25, -0.2) is 13.4 Å². The molecule has 4 nitrogen and oxygen atoms in total. The zero-order valence-corrected chi connectivity index (χ0v) is 14.5. The van der Waals surface area contributed by atoms with E-state index in [9.17, 15) is 8.42 Å². The third kappa shape index (κ3) is 3.24. The first-order valence-corrected chi connectivity index (χ1v) is 8.98. The van der Waals surface area contributed by atoms with Gasteiger partial charge in [-0.15, -0.1) is 6.58 Å². The van der Waals surface area contributed by atoms with Crippen molar-refractivity contribution in [2.75, 3.05) is 0 Å². The number of imidazole rings is 1. The fourth-order valence-corrected chi connectivity index (χ4v) is 4.83. The van der Waals surface area contributed by atoms with E-state index in [1.54, 1.807) is 17.7 Å². The van der Waals surface area contributed by atoms with Crippen LogP contribution in [0.1, 0.15) is 33.6 Å². The number of hydrogen-bond donors (Lipinski definition) is 0. The molecule has 1 atom stereocenters. The normalized spacial score (nSPS) is 14.2. The van der Waals surface area contributed by atoms with Gasteiger partial charge in [-0.2, -0.15) is 0 Å². The van der Waals surface area contributed by atoms with E-state index in [0.29, 0.717) is 18.4 Å². The molecule has 0 saturated heterocycles. The van der Waals surface area contributed by atoms with E-state index in [-0.39, 0.29) is 10.6 Å². The second kappa shape index (κ2) is 5.88. The lowest BCUT2D eigenvalue weighted by molar-refractivity contribution is 0.364. The summed E-state index contributed by atoms with van der Waals surface area (Å²) in [5.41, 5.74) is 1.46. The van der Waals surface area contributed by atoms with E-state index in [1.165, 1.54) is 0 Å². The number of allylic oxidation sites excluding steroid dienone is 1. The van der Waals surface area contributed by atoms with Crippen LogP contribution in [0.2, 0.25) is 0 Å². The number of fused-ring (bicyclic) bond motifs is 1. The van der Waals surface area contributed by atoms with E-state index in [1.807, 2.05) is 45.0 Å². The van der Waals surface area contributed by atoms with Crippen LogP contribution in [-0.2, 0) is 16.9 Å². The van der Waals surface area contributed by atoms with Crippen molar-refractivity contribution >= 4 is 20.9 Å². The maximum absolute atomic E-state index is 13.1. The lowest BCUT2D eigenvalue weighted by Crippen LogP contribution is -2.28. The van der Waals surface area contributed by atoms with Crippen molar-refractivity contribution in [1.29, 1.82) is 0 Å². The third-order valence-electron chi connectivity index (χ3n) is 3.71. The molecule has 0 amide bonds. The summed E-state index contributed by atoms with van der Waals surface area (Å²) in [6, 6.07) is 7.47. The second-order valence-electron chi connectivity index (χ2n) is 6.90. The maximum Gasteiger partial charge on any atom is 0.228 e. The van der Waals surface area contributed by atoms with Crippen LogP contribution in [-0.4, -0.2) is 23.2 Å². The molecule has 0 aliphatic rings. The molecular formula is C17H24N2O2S. The lowest BCUT2D eigenvalue weighted by atomic mass is 9.89. The van der Waals surface area contributed by atoms with Gasteiger partial charge in [-0.1, -0.05) is 39.0 Å². The number of aromatic nitrogens is 2. The van der Waals surface area contributed by atoms with Gasteiger partial charge in [0.2, 0.25) is 15.0 Å². The van der Waals surface area contributed by atoms with E-state index < -0.39 is 15.1 Å². The van der Waals surface area contributed by atoms with Crippen LogP contribution >= 0.6 is 0 Å². The van der Waals surface area contributed by atoms with Crippen LogP contribution in [0.4, 0.5) is 0 Å². The summed E-state index contributed by atoms with van der Waals surface area (Å²) in [6.07, 6.45) is 2.68. The minimum atomic E-state index is -3.51. The minimum Gasteiger partial charge on any atom is -0.318 e. The van der Waals surface area contributed by atoms with Crippen LogP contribution < -0.4 is 0 Å². The second-order valence-corrected chi connectivity index (χ2v) is 9.02. The topological polar surface area (TPSA) is 52.0 Å². The van der Waals surface area contributed by atoms with Crippen molar-refractivity contribution in [3.05, 3.63) is 36.9 Å². The molecule has 0 radical (unpaired) electrons. The molecule has 22 heavy (non-hydrogen) atoms. The Morgan fingerprint density at radius 2 is 1.95 bits per heavy atom. The highest BCUT2D eigenvalue weighted by molar-refractivity contribution is 7.91. The van der Waals surface area contributed by atoms with Crippen LogP contribution in [0.3, 0.4) is 0 Å². The minimum absolute atomic E-state index is 0.0780. The molecule has 0 bridgehead atoms. The van der Waals surface area contributed by atoms with Crippen molar-refractivity contribution < 1.29 is 8.42 Å². The van der Waals surface area contributed by atoms with Crippen LogP contribution in [0.5, 0.6) is 0 Å². The van der Waals surface area contributed by atoms with Crippen molar-refractivity contribution in [3.8, 4) is 0 Å². The number of hydrogen-bond acceptors (Lipinski definition) is 3. The molecule has 0 aliphatic heterocycles. The summed E-state index contributed by atoms with van der Waals surface area (Å²) < 4.78 is 27.8. The standard InChI is InChI=1S/C17H24N2O2S/c1-6-9-13(12-17(2,3)4)22(20,21)16-18-14-10-7-8-11-15(14)19(16)5/h6-8,10-11,13H,1,9,12H2,2-5H3/t13-/m0/s1.